The van der Waals surface area contributed by atoms with Crippen LogP contribution in [0.5, 0.6) is 0 Å². The van der Waals surface area contributed by atoms with Crippen LogP contribution in [-0.4, -0.2) is 21.6 Å². The fraction of sp³-hybridized carbons (Fsp3) is 0.481. The van der Waals surface area contributed by atoms with E-state index >= 15 is 0 Å². The molecule has 2 aromatic heterocycles. The van der Waals surface area contributed by atoms with Crippen molar-refractivity contribution >= 4 is 17.1 Å². The van der Waals surface area contributed by atoms with Gasteiger partial charge in [0.1, 0.15) is 0 Å². The SMILES string of the molecule is Cc1cccc(C)c1-c1cc2c(NC3CC(C)CC(CC(C)C)C3)c(C(N)=O)cnn2c1. The topological polar surface area (TPSA) is 72.4 Å². The second-order valence-electron chi connectivity index (χ2n) is 10.3. The molecule has 4 rings (SSSR count). The van der Waals surface area contributed by atoms with Crippen molar-refractivity contribution in [3.05, 3.63) is 53.3 Å². The predicted octanol–water partition coefficient (Wildman–Crippen LogP) is 5.98. The molecule has 1 amide bonds. The largest absolute Gasteiger partial charge is 0.380 e. The quantitative estimate of drug-likeness (QED) is 0.503. The molecule has 0 spiro atoms. The van der Waals surface area contributed by atoms with Crippen molar-refractivity contribution in [2.45, 2.75) is 66.3 Å². The van der Waals surface area contributed by atoms with Gasteiger partial charge in [-0.1, -0.05) is 39.0 Å². The van der Waals surface area contributed by atoms with Gasteiger partial charge in [-0.3, -0.25) is 4.79 Å². The van der Waals surface area contributed by atoms with Gasteiger partial charge < -0.3 is 11.1 Å². The van der Waals surface area contributed by atoms with Gasteiger partial charge >= 0.3 is 0 Å². The van der Waals surface area contributed by atoms with Crippen LogP contribution in [0.15, 0.2) is 36.7 Å². The number of nitrogens with two attached hydrogens (primary N) is 1. The molecule has 5 nitrogen and oxygen atoms in total. The Morgan fingerprint density at radius 1 is 1.22 bits per heavy atom. The molecule has 3 unspecified atom stereocenters. The molecule has 0 bridgehead atoms. The van der Waals surface area contributed by atoms with Crippen LogP contribution in [0.3, 0.4) is 0 Å². The Balaban J connectivity index is 1.75. The van der Waals surface area contributed by atoms with Crippen LogP contribution in [0.1, 0.15) is 67.9 Å². The fourth-order valence-electron chi connectivity index (χ4n) is 5.73. The molecule has 1 saturated carbocycles. The van der Waals surface area contributed by atoms with E-state index in [-0.39, 0.29) is 0 Å². The van der Waals surface area contributed by atoms with E-state index < -0.39 is 5.91 Å². The Morgan fingerprint density at radius 2 is 1.94 bits per heavy atom. The molecular weight excluding hydrogens is 396 g/mol. The maximum absolute atomic E-state index is 12.3. The summed E-state index contributed by atoms with van der Waals surface area (Å²) in [5, 5.41) is 8.25. The number of rotatable bonds is 6. The van der Waals surface area contributed by atoms with Gasteiger partial charge in [-0.25, -0.2) is 4.52 Å². The van der Waals surface area contributed by atoms with Crippen LogP contribution in [0.2, 0.25) is 0 Å². The van der Waals surface area contributed by atoms with E-state index in [2.05, 4.69) is 69.3 Å². The monoisotopic (exact) mass is 432 g/mol. The number of hydrogen-bond donors (Lipinski definition) is 2. The molecule has 3 aromatic rings. The van der Waals surface area contributed by atoms with Crippen molar-refractivity contribution in [1.82, 2.24) is 9.61 Å². The first-order valence-electron chi connectivity index (χ1n) is 11.9. The lowest BCUT2D eigenvalue weighted by atomic mass is 9.76. The minimum absolute atomic E-state index is 0.324. The second-order valence-corrected chi connectivity index (χ2v) is 10.3. The molecule has 0 aliphatic heterocycles. The van der Waals surface area contributed by atoms with E-state index in [1.165, 1.54) is 29.5 Å². The summed E-state index contributed by atoms with van der Waals surface area (Å²) >= 11 is 0. The van der Waals surface area contributed by atoms with E-state index in [9.17, 15) is 4.79 Å². The van der Waals surface area contributed by atoms with Gasteiger partial charge in [-0.05, 0) is 80.0 Å². The molecular formula is C27H36N4O. The molecule has 5 heteroatoms. The van der Waals surface area contributed by atoms with Gasteiger partial charge in [0, 0.05) is 17.8 Å². The van der Waals surface area contributed by atoms with Crippen LogP contribution < -0.4 is 11.1 Å². The minimum Gasteiger partial charge on any atom is -0.380 e. The number of amides is 1. The molecule has 1 aliphatic rings. The number of nitrogens with zero attached hydrogens (tertiary/aromatic N) is 2. The molecule has 3 N–H and O–H groups in total. The zero-order valence-electron chi connectivity index (χ0n) is 20.0. The number of anilines is 1. The second kappa shape index (κ2) is 8.97. The number of nitrogens with one attached hydrogen (secondary N) is 1. The van der Waals surface area contributed by atoms with E-state index in [1.807, 2.05) is 10.7 Å². The Kier molecular flexibility index (Phi) is 6.27. The zero-order valence-corrected chi connectivity index (χ0v) is 20.0. The smallest absolute Gasteiger partial charge is 0.252 e. The maximum atomic E-state index is 12.3. The average molecular weight is 433 g/mol. The number of carbonyl (C=O) groups is 1. The molecule has 1 aromatic carbocycles. The zero-order chi connectivity index (χ0) is 23.0. The summed E-state index contributed by atoms with van der Waals surface area (Å²) < 4.78 is 1.87. The number of benzene rings is 1. The van der Waals surface area contributed by atoms with Crippen molar-refractivity contribution < 1.29 is 4.79 Å². The molecule has 32 heavy (non-hydrogen) atoms. The molecule has 170 valence electrons. The van der Waals surface area contributed by atoms with E-state index in [0.717, 1.165) is 29.6 Å². The van der Waals surface area contributed by atoms with Gasteiger partial charge in [0.15, 0.2) is 0 Å². The summed E-state index contributed by atoms with van der Waals surface area (Å²) in [5.41, 5.74) is 12.7. The van der Waals surface area contributed by atoms with Crippen LogP contribution in [0.4, 0.5) is 5.69 Å². The Labute approximate surface area is 191 Å². The summed E-state index contributed by atoms with van der Waals surface area (Å²) in [6.07, 6.45) is 8.41. The fourth-order valence-corrected chi connectivity index (χ4v) is 5.73. The summed E-state index contributed by atoms with van der Waals surface area (Å²) in [5.74, 6) is 1.63. The number of aromatic nitrogens is 2. The highest BCUT2D eigenvalue weighted by Gasteiger charge is 2.28. The lowest BCUT2D eigenvalue weighted by Crippen LogP contribution is -2.33. The molecule has 1 fully saturated rings. The number of aryl methyl sites for hydroxylation is 2. The van der Waals surface area contributed by atoms with Crippen molar-refractivity contribution in [2.24, 2.45) is 23.5 Å². The van der Waals surface area contributed by atoms with E-state index in [4.69, 9.17) is 5.73 Å². The lowest BCUT2D eigenvalue weighted by molar-refractivity contribution is 0.100. The van der Waals surface area contributed by atoms with Crippen molar-refractivity contribution in [1.29, 1.82) is 0 Å². The van der Waals surface area contributed by atoms with Gasteiger partial charge in [-0.15, -0.1) is 0 Å². The first-order valence-corrected chi connectivity index (χ1v) is 11.9. The molecule has 0 saturated heterocycles. The van der Waals surface area contributed by atoms with E-state index in [1.54, 1.807) is 6.20 Å². The van der Waals surface area contributed by atoms with Gasteiger partial charge in [0.2, 0.25) is 0 Å². The highest BCUT2D eigenvalue weighted by atomic mass is 16.1. The first kappa shape index (κ1) is 22.4. The molecule has 0 radical (unpaired) electrons. The third-order valence-electron chi connectivity index (χ3n) is 6.87. The Bertz CT molecular complexity index is 1110. The van der Waals surface area contributed by atoms with Crippen LogP contribution in [-0.2, 0) is 0 Å². The van der Waals surface area contributed by atoms with Crippen LogP contribution >= 0.6 is 0 Å². The van der Waals surface area contributed by atoms with Crippen LogP contribution in [0, 0.1) is 31.6 Å². The third kappa shape index (κ3) is 4.52. The normalized spacial score (nSPS) is 21.2. The molecule has 3 atom stereocenters. The van der Waals surface area contributed by atoms with E-state index in [0.29, 0.717) is 29.4 Å². The summed E-state index contributed by atoms with van der Waals surface area (Å²) in [7, 11) is 0. The van der Waals surface area contributed by atoms with Crippen LogP contribution in [0.25, 0.3) is 16.6 Å². The molecule has 1 aliphatic carbocycles. The first-order chi connectivity index (χ1) is 15.2. The third-order valence-corrected chi connectivity index (χ3v) is 6.87. The van der Waals surface area contributed by atoms with Gasteiger partial charge in [0.05, 0.1) is 23.0 Å². The highest BCUT2D eigenvalue weighted by molar-refractivity contribution is 6.02. The minimum atomic E-state index is -0.445. The van der Waals surface area contributed by atoms with Crippen molar-refractivity contribution in [2.75, 3.05) is 5.32 Å². The number of primary amides is 1. The molecule has 2 heterocycles. The lowest BCUT2D eigenvalue weighted by Gasteiger charge is -2.35. The van der Waals surface area contributed by atoms with Gasteiger partial charge in [-0.2, -0.15) is 5.10 Å². The number of hydrogen-bond acceptors (Lipinski definition) is 3. The van der Waals surface area contributed by atoms with Gasteiger partial charge in [0.25, 0.3) is 5.91 Å². The summed E-state index contributed by atoms with van der Waals surface area (Å²) in [6.45, 7) is 11.2. The van der Waals surface area contributed by atoms with Crippen molar-refractivity contribution in [3.8, 4) is 11.1 Å². The maximum Gasteiger partial charge on any atom is 0.252 e. The Hall–Kier alpha value is -2.82. The average Bonchev–Trinajstić information content (AvgIpc) is 3.11. The van der Waals surface area contributed by atoms with Crippen molar-refractivity contribution in [3.63, 3.8) is 0 Å². The summed E-state index contributed by atoms with van der Waals surface area (Å²) in [6, 6.07) is 8.80. The number of carbonyl (C=O) groups excluding carboxylic acids is 1. The Morgan fingerprint density at radius 3 is 2.59 bits per heavy atom. The summed E-state index contributed by atoms with van der Waals surface area (Å²) in [4.78, 5) is 12.3. The standard InChI is InChI=1S/C27H36N4O/c1-16(2)9-20-10-17(3)11-22(12-20)30-26-23(27(28)32)14-29-31-15-21(13-24(26)31)25-18(4)7-6-8-19(25)5/h6-8,13-17,20,22,30H,9-12H2,1-5H3,(H2,28,32). The predicted molar refractivity (Wildman–Crippen MR) is 132 cm³/mol. The highest BCUT2D eigenvalue weighted by Crippen LogP contribution is 2.37. The number of fused-ring (bicyclic) bond motifs is 1.